The van der Waals surface area contributed by atoms with E-state index in [2.05, 4.69) is 0 Å². The Labute approximate surface area is 80.8 Å². The smallest absolute Gasteiger partial charge is 0.0713 e. The van der Waals surface area contributed by atoms with Gasteiger partial charge in [0, 0.05) is 6.61 Å². The minimum atomic E-state index is 0.374. The Morgan fingerprint density at radius 3 is 2.85 bits per heavy atom. The molecule has 0 radical (unpaired) electrons. The summed E-state index contributed by atoms with van der Waals surface area (Å²) in [6.07, 6.45) is 11.3. The van der Waals surface area contributed by atoms with Gasteiger partial charge in [0.1, 0.15) is 0 Å². The van der Waals surface area contributed by atoms with Crippen molar-refractivity contribution in [1.29, 1.82) is 0 Å². The van der Waals surface area contributed by atoms with Crippen molar-refractivity contribution < 1.29 is 4.74 Å². The second-order valence-electron chi connectivity index (χ2n) is 5.30. The summed E-state index contributed by atoms with van der Waals surface area (Å²) in [7, 11) is 0. The molecule has 1 heterocycles. The maximum absolute atomic E-state index is 6.19. The summed E-state index contributed by atoms with van der Waals surface area (Å²) in [6, 6.07) is 0. The first-order valence-corrected chi connectivity index (χ1v) is 6.03. The van der Waals surface area contributed by atoms with E-state index in [0.29, 0.717) is 5.60 Å². The van der Waals surface area contributed by atoms with Gasteiger partial charge in [0.2, 0.25) is 0 Å². The van der Waals surface area contributed by atoms with Crippen LogP contribution in [0.5, 0.6) is 0 Å². The molecule has 1 heteroatoms. The summed E-state index contributed by atoms with van der Waals surface area (Å²) in [6.45, 7) is 1.04. The van der Waals surface area contributed by atoms with E-state index >= 15 is 0 Å². The lowest BCUT2D eigenvalue weighted by atomic mass is 9.81. The van der Waals surface area contributed by atoms with Gasteiger partial charge in [-0.25, -0.2) is 0 Å². The number of ether oxygens (including phenoxy) is 1. The van der Waals surface area contributed by atoms with Gasteiger partial charge in [0.25, 0.3) is 0 Å². The molecule has 3 fully saturated rings. The molecule has 3 aliphatic rings. The predicted molar refractivity (Wildman–Crippen MR) is 52.6 cm³/mol. The standard InChI is InChI=1S/C12H20O/c1-2-6-12(13-7-3-1)9-10-4-5-11(12)8-10/h10-11H,1-9H2. The number of fused-ring (bicyclic) bond motifs is 3. The fraction of sp³-hybridized carbons (Fsp3) is 1.00. The summed E-state index contributed by atoms with van der Waals surface area (Å²) in [5.74, 6) is 1.97. The molecule has 1 nitrogen and oxygen atoms in total. The predicted octanol–water partition coefficient (Wildman–Crippen LogP) is 3.14. The third kappa shape index (κ3) is 1.24. The minimum Gasteiger partial charge on any atom is -0.375 e. The fourth-order valence-electron chi connectivity index (χ4n) is 3.93. The number of hydrogen-bond donors (Lipinski definition) is 0. The Morgan fingerprint density at radius 2 is 2.08 bits per heavy atom. The topological polar surface area (TPSA) is 9.23 Å². The van der Waals surface area contributed by atoms with E-state index in [4.69, 9.17) is 4.74 Å². The zero-order chi connectivity index (χ0) is 8.73. The highest BCUT2D eigenvalue weighted by Gasteiger charge is 2.51. The van der Waals surface area contributed by atoms with Crippen molar-refractivity contribution in [3.05, 3.63) is 0 Å². The zero-order valence-electron chi connectivity index (χ0n) is 8.43. The van der Waals surface area contributed by atoms with Crippen LogP contribution in [0.2, 0.25) is 0 Å². The van der Waals surface area contributed by atoms with Crippen molar-refractivity contribution in [2.45, 2.75) is 57.0 Å². The monoisotopic (exact) mass is 180 g/mol. The molecule has 1 saturated heterocycles. The lowest BCUT2D eigenvalue weighted by Crippen LogP contribution is -2.37. The van der Waals surface area contributed by atoms with Gasteiger partial charge in [-0.2, -0.15) is 0 Å². The van der Waals surface area contributed by atoms with Gasteiger partial charge in [-0.1, -0.05) is 12.8 Å². The SMILES string of the molecule is C1CCOC2(CC1)CC1CCC2C1. The molecule has 13 heavy (non-hydrogen) atoms. The highest BCUT2D eigenvalue weighted by Crippen LogP contribution is 2.55. The molecule has 1 aliphatic heterocycles. The molecular formula is C12H20O. The van der Waals surface area contributed by atoms with Crippen molar-refractivity contribution in [2.24, 2.45) is 11.8 Å². The maximum atomic E-state index is 6.19. The Morgan fingerprint density at radius 1 is 1.08 bits per heavy atom. The van der Waals surface area contributed by atoms with Crippen LogP contribution in [0.4, 0.5) is 0 Å². The Balaban J connectivity index is 1.79. The summed E-state index contributed by atoms with van der Waals surface area (Å²) in [5, 5.41) is 0. The summed E-state index contributed by atoms with van der Waals surface area (Å²) < 4.78 is 6.19. The first kappa shape index (κ1) is 8.28. The van der Waals surface area contributed by atoms with Gasteiger partial charge in [-0.15, -0.1) is 0 Å². The fourth-order valence-corrected chi connectivity index (χ4v) is 3.93. The Hall–Kier alpha value is -0.0400. The van der Waals surface area contributed by atoms with Gasteiger partial charge in [0.15, 0.2) is 0 Å². The van der Waals surface area contributed by atoms with Crippen molar-refractivity contribution in [3.8, 4) is 0 Å². The van der Waals surface area contributed by atoms with Crippen LogP contribution in [0, 0.1) is 11.8 Å². The van der Waals surface area contributed by atoms with Crippen LogP contribution in [0.15, 0.2) is 0 Å². The van der Waals surface area contributed by atoms with E-state index in [0.717, 1.165) is 18.4 Å². The largest absolute Gasteiger partial charge is 0.375 e. The molecule has 2 bridgehead atoms. The highest BCUT2D eigenvalue weighted by atomic mass is 16.5. The third-order valence-electron chi connectivity index (χ3n) is 4.55. The molecule has 1 spiro atoms. The first-order chi connectivity index (χ1) is 6.39. The molecule has 2 aliphatic carbocycles. The van der Waals surface area contributed by atoms with Crippen LogP contribution in [-0.4, -0.2) is 12.2 Å². The highest BCUT2D eigenvalue weighted by molar-refractivity contribution is 5.02. The first-order valence-electron chi connectivity index (χ1n) is 6.03. The van der Waals surface area contributed by atoms with E-state index < -0.39 is 0 Å². The summed E-state index contributed by atoms with van der Waals surface area (Å²) in [5.41, 5.74) is 0.374. The van der Waals surface area contributed by atoms with Crippen LogP contribution < -0.4 is 0 Å². The molecule has 0 N–H and O–H groups in total. The van der Waals surface area contributed by atoms with E-state index in [9.17, 15) is 0 Å². The number of rotatable bonds is 0. The molecule has 2 saturated carbocycles. The summed E-state index contributed by atoms with van der Waals surface area (Å²) in [4.78, 5) is 0. The van der Waals surface area contributed by atoms with Crippen LogP contribution in [-0.2, 0) is 4.74 Å². The quantitative estimate of drug-likeness (QED) is 0.556. The average Bonchev–Trinajstić information content (AvgIpc) is 2.63. The molecule has 0 aromatic heterocycles. The van der Waals surface area contributed by atoms with E-state index in [-0.39, 0.29) is 0 Å². The second-order valence-corrected chi connectivity index (χ2v) is 5.30. The lowest BCUT2D eigenvalue weighted by molar-refractivity contribution is -0.0806. The van der Waals surface area contributed by atoms with Gasteiger partial charge in [-0.05, 0) is 50.4 Å². The van der Waals surface area contributed by atoms with Gasteiger partial charge in [-0.3, -0.25) is 0 Å². The normalized spacial score (nSPS) is 49.8. The molecular weight excluding hydrogens is 160 g/mol. The van der Waals surface area contributed by atoms with E-state index in [1.165, 1.54) is 51.4 Å². The second kappa shape index (κ2) is 2.98. The van der Waals surface area contributed by atoms with Crippen molar-refractivity contribution in [2.75, 3.05) is 6.61 Å². The maximum Gasteiger partial charge on any atom is 0.0713 e. The molecule has 0 amide bonds. The molecule has 3 unspecified atom stereocenters. The van der Waals surface area contributed by atoms with Crippen molar-refractivity contribution >= 4 is 0 Å². The van der Waals surface area contributed by atoms with Crippen molar-refractivity contribution in [1.82, 2.24) is 0 Å². The van der Waals surface area contributed by atoms with Gasteiger partial charge < -0.3 is 4.74 Å². The van der Waals surface area contributed by atoms with Crippen molar-refractivity contribution in [3.63, 3.8) is 0 Å². The van der Waals surface area contributed by atoms with Crippen LogP contribution >= 0.6 is 0 Å². The van der Waals surface area contributed by atoms with Crippen LogP contribution in [0.1, 0.15) is 51.4 Å². The average molecular weight is 180 g/mol. The summed E-state index contributed by atoms with van der Waals surface area (Å²) >= 11 is 0. The third-order valence-corrected chi connectivity index (χ3v) is 4.55. The molecule has 0 aromatic carbocycles. The van der Waals surface area contributed by atoms with Crippen LogP contribution in [0.3, 0.4) is 0 Å². The van der Waals surface area contributed by atoms with Crippen LogP contribution in [0.25, 0.3) is 0 Å². The molecule has 3 atom stereocenters. The lowest BCUT2D eigenvalue weighted by Gasteiger charge is -2.36. The van der Waals surface area contributed by atoms with E-state index in [1.54, 1.807) is 0 Å². The molecule has 0 aromatic rings. The molecule has 3 rings (SSSR count). The Kier molecular flexibility index (Phi) is 1.90. The minimum absolute atomic E-state index is 0.374. The Bertz CT molecular complexity index is 191. The van der Waals surface area contributed by atoms with Gasteiger partial charge >= 0.3 is 0 Å². The molecule has 74 valence electrons. The van der Waals surface area contributed by atoms with Gasteiger partial charge in [0.05, 0.1) is 5.60 Å². The van der Waals surface area contributed by atoms with E-state index in [1.807, 2.05) is 0 Å². The zero-order valence-corrected chi connectivity index (χ0v) is 8.43. The number of hydrogen-bond acceptors (Lipinski definition) is 1.